The van der Waals surface area contributed by atoms with Crippen molar-refractivity contribution in [2.45, 2.75) is 19.4 Å². The second-order valence-corrected chi connectivity index (χ2v) is 8.12. The Hall–Kier alpha value is -3.67. The first-order chi connectivity index (χ1) is 15.2. The van der Waals surface area contributed by atoms with E-state index >= 15 is 0 Å². The van der Waals surface area contributed by atoms with Gasteiger partial charge in [-0.25, -0.2) is 4.98 Å². The van der Waals surface area contributed by atoms with Crippen LogP contribution in [-0.2, 0) is 6.42 Å². The molecule has 0 aliphatic carbocycles. The third-order valence-corrected chi connectivity index (χ3v) is 5.95. The zero-order valence-corrected chi connectivity index (χ0v) is 17.6. The van der Waals surface area contributed by atoms with Crippen LogP contribution in [0.5, 0.6) is 0 Å². The Labute approximate surface area is 182 Å². The van der Waals surface area contributed by atoms with E-state index in [1.54, 1.807) is 6.20 Å². The summed E-state index contributed by atoms with van der Waals surface area (Å²) in [6.45, 7) is 4.85. The maximum Gasteiger partial charge on any atom is 0.159 e. The number of nitrogen functional groups attached to an aromatic ring is 1. The molecule has 0 bridgehead atoms. The third kappa shape index (κ3) is 3.89. The normalized spacial score (nSPS) is 16.6. The number of nitrogens with zero attached hydrogens (tertiary/aromatic N) is 5. The van der Waals surface area contributed by atoms with Gasteiger partial charge in [0.05, 0.1) is 17.6 Å². The van der Waals surface area contributed by atoms with E-state index in [1.165, 1.54) is 10.9 Å². The zero-order chi connectivity index (χ0) is 21.2. The van der Waals surface area contributed by atoms with Crippen molar-refractivity contribution in [3.63, 3.8) is 0 Å². The summed E-state index contributed by atoms with van der Waals surface area (Å²) in [4.78, 5) is 9.17. The molecule has 0 saturated carbocycles. The lowest BCUT2D eigenvalue weighted by Gasteiger charge is -2.41. The number of benzene rings is 2. The Morgan fingerprint density at radius 3 is 2.42 bits per heavy atom. The average Bonchev–Trinajstić information content (AvgIpc) is 2.81. The fourth-order valence-electron chi connectivity index (χ4n) is 4.34. The molecule has 156 valence electrons. The molecule has 2 N–H and O–H groups in total. The molecule has 1 saturated heterocycles. The molecule has 4 aromatic rings. The van der Waals surface area contributed by atoms with Gasteiger partial charge < -0.3 is 15.5 Å². The maximum absolute atomic E-state index is 5.79. The lowest BCUT2D eigenvalue weighted by Crippen LogP contribution is -2.52. The highest BCUT2D eigenvalue weighted by atomic mass is 15.3. The number of hydrogen-bond acceptors (Lipinski definition) is 6. The summed E-state index contributed by atoms with van der Waals surface area (Å²) in [5.74, 6) is 1.93. The molecule has 1 aliphatic rings. The molecular formula is C25H26N6. The van der Waals surface area contributed by atoms with Gasteiger partial charge in [0.1, 0.15) is 5.82 Å². The molecule has 0 spiro atoms. The van der Waals surface area contributed by atoms with Crippen molar-refractivity contribution in [2.24, 2.45) is 0 Å². The Morgan fingerprint density at radius 1 is 0.903 bits per heavy atom. The molecule has 0 amide bonds. The Kier molecular flexibility index (Phi) is 5.12. The number of anilines is 3. The quantitative estimate of drug-likeness (QED) is 0.550. The van der Waals surface area contributed by atoms with Crippen LogP contribution in [0.2, 0.25) is 0 Å². The Bertz CT molecular complexity index is 1180. The van der Waals surface area contributed by atoms with Gasteiger partial charge in [-0.3, -0.25) is 0 Å². The highest BCUT2D eigenvalue weighted by molar-refractivity contribution is 5.93. The first-order valence-corrected chi connectivity index (χ1v) is 10.7. The van der Waals surface area contributed by atoms with Crippen LogP contribution in [-0.4, -0.2) is 40.9 Å². The number of pyridine rings is 1. The summed E-state index contributed by atoms with van der Waals surface area (Å²) in [7, 11) is 0. The van der Waals surface area contributed by atoms with Crippen molar-refractivity contribution in [1.82, 2.24) is 15.2 Å². The first kappa shape index (κ1) is 19.3. The van der Waals surface area contributed by atoms with Crippen molar-refractivity contribution in [3.05, 3.63) is 84.2 Å². The Balaban J connectivity index is 1.43. The van der Waals surface area contributed by atoms with Crippen molar-refractivity contribution in [3.8, 4) is 0 Å². The predicted molar refractivity (Wildman–Crippen MR) is 126 cm³/mol. The molecule has 5 rings (SSSR count). The van der Waals surface area contributed by atoms with Crippen LogP contribution in [0.1, 0.15) is 18.2 Å². The lowest BCUT2D eigenvalue weighted by molar-refractivity contribution is 0.542. The minimum atomic E-state index is 0.283. The zero-order valence-electron chi connectivity index (χ0n) is 17.6. The molecule has 6 heteroatoms. The van der Waals surface area contributed by atoms with Gasteiger partial charge in [-0.2, -0.15) is 5.10 Å². The minimum Gasteiger partial charge on any atom is -0.397 e. The van der Waals surface area contributed by atoms with Crippen molar-refractivity contribution >= 4 is 28.1 Å². The van der Waals surface area contributed by atoms with Crippen molar-refractivity contribution in [2.75, 3.05) is 35.2 Å². The van der Waals surface area contributed by atoms with E-state index in [0.717, 1.165) is 48.8 Å². The minimum absolute atomic E-state index is 0.283. The van der Waals surface area contributed by atoms with Crippen LogP contribution in [0.15, 0.2) is 72.9 Å². The largest absolute Gasteiger partial charge is 0.397 e. The van der Waals surface area contributed by atoms with Crippen LogP contribution in [0.4, 0.5) is 17.3 Å². The van der Waals surface area contributed by atoms with Gasteiger partial charge in [-0.05, 0) is 24.6 Å². The maximum atomic E-state index is 5.79. The molecule has 6 nitrogen and oxygen atoms in total. The highest BCUT2D eigenvalue weighted by Gasteiger charge is 2.27. The second kappa shape index (κ2) is 8.22. The summed E-state index contributed by atoms with van der Waals surface area (Å²) in [6, 6.07) is 23.1. The summed E-state index contributed by atoms with van der Waals surface area (Å²) >= 11 is 0. The second-order valence-electron chi connectivity index (χ2n) is 8.12. The molecule has 1 fully saturated rings. The van der Waals surface area contributed by atoms with Crippen LogP contribution in [0, 0.1) is 0 Å². The van der Waals surface area contributed by atoms with E-state index in [0.29, 0.717) is 5.69 Å². The van der Waals surface area contributed by atoms with Gasteiger partial charge in [0.2, 0.25) is 0 Å². The van der Waals surface area contributed by atoms with Crippen molar-refractivity contribution in [1.29, 1.82) is 0 Å². The standard InChI is InChI=1S/C25H26N6/c1-18-17-30(24-12-11-20(26)16-27-24)13-14-31(18)25-22-10-6-5-9-21(22)23(28-29-25)15-19-7-3-2-4-8-19/h2-12,16,18H,13-15,17,26H2,1H3/t18-/m1/s1. The molecular weight excluding hydrogens is 384 g/mol. The van der Waals surface area contributed by atoms with Crippen LogP contribution < -0.4 is 15.5 Å². The van der Waals surface area contributed by atoms with Crippen molar-refractivity contribution < 1.29 is 0 Å². The average molecular weight is 411 g/mol. The van der Waals surface area contributed by atoms with E-state index < -0.39 is 0 Å². The predicted octanol–water partition coefficient (Wildman–Crippen LogP) is 3.91. The highest BCUT2D eigenvalue weighted by Crippen LogP contribution is 2.30. The van der Waals surface area contributed by atoms with Gasteiger partial charge in [0.25, 0.3) is 0 Å². The molecule has 3 heterocycles. The van der Waals surface area contributed by atoms with E-state index in [4.69, 9.17) is 10.8 Å². The fourth-order valence-corrected chi connectivity index (χ4v) is 4.34. The van der Waals surface area contributed by atoms with Crippen LogP contribution in [0.3, 0.4) is 0 Å². The monoisotopic (exact) mass is 410 g/mol. The Morgan fingerprint density at radius 2 is 1.68 bits per heavy atom. The number of fused-ring (bicyclic) bond motifs is 1. The number of piperazine rings is 1. The molecule has 31 heavy (non-hydrogen) atoms. The number of rotatable bonds is 4. The van der Waals surface area contributed by atoms with E-state index in [1.807, 2.05) is 18.2 Å². The third-order valence-electron chi connectivity index (χ3n) is 5.95. The topological polar surface area (TPSA) is 71.2 Å². The molecule has 2 aromatic carbocycles. The summed E-state index contributed by atoms with van der Waals surface area (Å²) < 4.78 is 0. The number of aromatic nitrogens is 3. The van der Waals surface area contributed by atoms with Gasteiger partial charge in [-0.15, -0.1) is 5.10 Å². The molecule has 1 aliphatic heterocycles. The molecule has 2 aromatic heterocycles. The van der Waals surface area contributed by atoms with E-state index in [2.05, 4.69) is 75.3 Å². The molecule has 0 radical (unpaired) electrons. The van der Waals surface area contributed by atoms with Gasteiger partial charge in [0.15, 0.2) is 5.82 Å². The summed E-state index contributed by atoms with van der Waals surface area (Å²) in [6.07, 6.45) is 2.50. The van der Waals surface area contributed by atoms with Gasteiger partial charge >= 0.3 is 0 Å². The van der Waals surface area contributed by atoms with E-state index in [-0.39, 0.29) is 6.04 Å². The van der Waals surface area contributed by atoms with Gasteiger partial charge in [0, 0.05) is 42.9 Å². The smallest absolute Gasteiger partial charge is 0.159 e. The molecule has 1 atom stereocenters. The summed E-state index contributed by atoms with van der Waals surface area (Å²) in [5.41, 5.74) is 8.74. The van der Waals surface area contributed by atoms with E-state index in [9.17, 15) is 0 Å². The lowest BCUT2D eigenvalue weighted by atomic mass is 10.0. The fraction of sp³-hybridized carbons (Fsp3) is 0.240. The first-order valence-electron chi connectivity index (χ1n) is 10.7. The SMILES string of the molecule is C[C@@H]1CN(c2ccc(N)cn2)CCN1c1nnc(Cc2ccccc2)c2ccccc12. The summed E-state index contributed by atoms with van der Waals surface area (Å²) in [5, 5.41) is 11.7. The van der Waals surface area contributed by atoms with Crippen LogP contribution >= 0.6 is 0 Å². The van der Waals surface area contributed by atoms with Gasteiger partial charge in [-0.1, -0.05) is 54.6 Å². The van der Waals surface area contributed by atoms with Crippen LogP contribution in [0.25, 0.3) is 10.8 Å². The number of hydrogen-bond donors (Lipinski definition) is 1. The number of nitrogens with two attached hydrogens (primary N) is 1. The molecule has 0 unspecified atom stereocenters.